The van der Waals surface area contributed by atoms with Gasteiger partial charge in [0.25, 0.3) is 5.91 Å². The highest BCUT2D eigenvalue weighted by Crippen LogP contribution is 2.26. The first-order valence-electron chi connectivity index (χ1n) is 10.0. The number of nitrogens with one attached hydrogen (secondary N) is 1. The Morgan fingerprint density at radius 2 is 2.06 bits per heavy atom. The van der Waals surface area contributed by atoms with E-state index >= 15 is 0 Å². The molecule has 166 valence electrons. The molecular formula is C22H24N6O4. The number of aryl methyl sites for hydroxylation is 2. The van der Waals surface area contributed by atoms with E-state index in [1.165, 1.54) is 11.0 Å². The lowest BCUT2D eigenvalue weighted by Crippen LogP contribution is -2.20. The monoisotopic (exact) mass is 436 g/mol. The zero-order valence-electron chi connectivity index (χ0n) is 18.5. The number of carbonyl (C=O) groups excluding carboxylic acids is 1. The first-order valence-corrected chi connectivity index (χ1v) is 10.0. The van der Waals surface area contributed by atoms with Crippen LogP contribution in [0.15, 0.2) is 45.6 Å². The third-order valence-electron chi connectivity index (χ3n) is 4.96. The number of anilines is 1. The molecule has 4 aromatic rings. The number of rotatable bonds is 7. The Bertz CT molecular complexity index is 1250. The summed E-state index contributed by atoms with van der Waals surface area (Å²) in [6.07, 6.45) is 2.99. The lowest BCUT2D eigenvalue weighted by Gasteiger charge is -2.19. The van der Waals surface area contributed by atoms with Crippen LogP contribution in [0.2, 0.25) is 0 Å². The second-order valence-corrected chi connectivity index (χ2v) is 7.84. The molecule has 0 atom stereocenters. The highest BCUT2D eigenvalue weighted by molar-refractivity contribution is 6.05. The quantitative estimate of drug-likeness (QED) is 0.465. The molecule has 0 saturated carbocycles. The summed E-state index contributed by atoms with van der Waals surface area (Å²) in [6, 6.07) is 7.67. The van der Waals surface area contributed by atoms with Gasteiger partial charge in [-0.05, 0) is 26.8 Å². The molecule has 0 saturated heterocycles. The van der Waals surface area contributed by atoms with Gasteiger partial charge in [-0.2, -0.15) is 9.90 Å². The summed E-state index contributed by atoms with van der Waals surface area (Å²) in [4.78, 5) is 22.9. The Kier molecular flexibility index (Phi) is 5.62. The van der Waals surface area contributed by atoms with E-state index < -0.39 is 11.5 Å². The number of amides is 1. The minimum Gasteiger partial charge on any atom is -0.446 e. The van der Waals surface area contributed by atoms with Gasteiger partial charge in [0.15, 0.2) is 23.2 Å². The van der Waals surface area contributed by atoms with Crippen molar-refractivity contribution < 1.29 is 18.4 Å². The van der Waals surface area contributed by atoms with Crippen molar-refractivity contribution in [2.75, 3.05) is 12.4 Å². The van der Waals surface area contributed by atoms with Gasteiger partial charge in [-0.15, -0.1) is 5.10 Å². The smallest absolute Gasteiger partial charge is 0.279 e. The summed E-state index contributed by atoms with van der Waals surface area (Å²) >= 11 is 0. The Hall–Kier alpha value is -3.79. The Morgan fingerprint density at radius 3 is 2.81 bits per heavy atom. The van der Waals surface area contributed by atoms with Crippen molar-refractivity contribution in [3.05, 3.63) is 65.5 Å². The molecule has 0 aliphatic carbocycles. The predicted octanol–water partition coefficient (Wildman–Crippen LogP) is 3.72. The van der Waals surface area contributed by atoms with Crippen LogP contribution in [0.4, 0.5) is 5.82 Å². The minimum absolute atomic E-state index is 0.182. The van der Waals surface area contributed by atoms with Crippen LogP contribution in [-0.4, -0.2) is 38.0 Å². The van der Waals surface area contributed by atoms with Gasteiger partial charge in [-0.25, -0.2) is 9.97 Å². The third kappa shape index (κ3) is 4.45. The summed E-state index contributed by atoms with van der Waals surface area (Å²) in [5.74, 6) is 1.06. The average molecular weight is 436 g/mol. The average Bonchev–Trinajstić information content (AvgIpc) is 3.49. The summed E-state index contributed by atoms with van der Waals surface area (Å²) in [5, 5.41) is 11.1. The van der Waals surface area contributed by atoms with E-state index in [1.807, 2.05) is 45.0 Å². The molecular weight excluding hydrogens is 412 g/mol. The van der Waals surface area contributed by atoms with E-state index in [9.17, 15) is 4.79 Å². The van der Waals surface area contributed by atoms with Gasteiger partial charge in [0, 0.05) is 19.6 Å². The summed E-state index contributed by atoms with van der Waals surface area (Å²) in [5.41, 5.74) is 2.11. The van der Waals surface area contributed by atoms with Gasteiger partial charge in [-0.3, -0.25) is 4.79 Å². The van der Waals surface area contributed by atoms with Crippen molar-refractivity contribution in [2.24, 2.45) is 0 Å². The van der Waals surface area contributed by atoms with Crippen LogP contribution in [0.1, 0.15) is 47.4 Å². The third-order valence-corrected chi connectivity index (χ3v) is 4.96. The molecule has 1 aromatic carbocycles. The lowest BCUT2D eigenvalue weighted by atomic mass is 10.1. The molecule has 1 amide bonds. The minimum atomic E-state index is -0.566. The number of benzene rings is 1. The predicted molar refractivity (Wildman–Crippen MR) is 115 cm³/mol. The van der Waals surface area contributed by atoms with Crippen LogP contribution in [0, 0.1) is 13.8 Å². The normalized spacial score (nSPS) is 11.7. The fourth-order valence-corrected chi connectivity index (χ4v) is 3.05. The van der Waals surface area contributed by atoms with Crippen molar-refractivity contribution >= 4 is 11.7 Å². The fraction of sp³-hybridized carbons (Fsp3) is 0.318. The zero-order chi connectivity index (χ0) is 22.9. The molecule has 1 N–H and O–H groups in total. The van der Waals surface area contributed by atoms with Gasteiger partial charge in [0.2, 0.25) is 5.89 Å². The van der Waals surface area contributed by atoms with Crippen LogP contribution < -0.4 is 5.32 Å². The number of oxazole rings is 2. The second-order valence-electron chi connectivity index (χ2n) is 7.84. The number of nitrogens with zero attached hydrogens (tertiary/aromatic N) is 5. The van der Waals surface area contributed by atoms with Gasteiger partial charge in [-0.1, -0.05) is 23.8 Å². The molecule has 4 rings (SSSR count). The molecule has 0 radical (unpaired) electrons. The van der Waals surface area contributed by atoms with Crippen LogP contribution >= 0.6 is 0 Å². The molecule has 0 aliphatic heterocycles. The number of hydrogen-bond donors (Lipinski definition) is 1. The van der Waals surface area contributed by atoms with E-state index in [4.69, 9.17) is 13.6 Å². The lowest BCUT2D eigenvalue weighted by molar-refractivity contribution is 0.0154. The number of ether oxygens (including phenoxy) is 1. The molecule has 0 spiro atoms. The van der Waals surface area contributed by atoms with Crippen molar-refractivity contribution in [3.8, 4) is 11.3 Å². The van der Waals surface area contributed by atoms with Gasteiger partial charge in [0.1, 0.15) is 24.1 Å². The molecule has 0 bridgehead atoms. The molecule has 0 aliphatic rings. The standard InChI is InChI=1S/C22H24N6O4/c1-13-7-6-8-15(9-13)20-19(24-14(2)32-20)21(29)26-17-10-23-28(27-17)11-18-25-16(12-31-18)22(3,4)30-5/h6-10,12H,11H2,1-5H3,(H,26,27,29). The number of methoxy groups -OCH3 is 1. The van der Waals surface area contributed by atoms with E-state index in [2.05, 4.69) is 25.5 Å². The highest BCUT2D eigenvalue weighted by Gasteiger charge is 2.24. The Morgan fingerprint density at radius 1 is 1.25 bits per heavy atom. The largest absolute Gasteiger partial charge is 0.446 e. The van der Waals surface area contributed by atoms with Gasteiger partial charge >= 0.3 is 0 Å². The van der Waals surface area contributed by atoms with Crippen LogP contribution in [-0.2, 0) is 16.9 Å². The Labute approximate surface area is 184 Å². The summed E-state index contributed by atoms with van der Waals surface area (Å²) in [7, 11) is 1.61. The first-order chi connectivity index (χ1) is 15.2. The molecule has 0 fully saturated rings. The zero-order valence-corrected chi connectivity index (χ0v) is 18.5. The molecule has 10 nitrogen and oxygen atoms in total. The summed E-state index contributed by atoms with van der Waals surface area (Å²) < 4.78 is 16.6. The van der Waals surface area contributed by atoms with Gasteiger partial charge < -0.3 is 18.9 Å². The van der Waals surface area contributed by atoms with Crippen molar-refractivity contribution in [3.63, 3.8) is 0 Å². The SMILES string of the molecule is COC(C)(C)c1coc(Cn2ncc(NC(=O)c3nc(C)oc3-c3cccc(C)c3)n2)n1. The van der Waals surface area contributed by atoms with Crippen LogP contribution in [0.5, 0.6) is 0 Å². The first kappa shape index (κ1) is 21.4. The van der Waals surface area contributed by atoms with Crippen molar-refractivity contribution in [2.45, 2.75) is 39.8 Å². The topological polar surface area (TPSA) is 121 Å². The maximum Gasteiger partial charge on any atom is 0.279 e. The van der Waals surface area contributed by atoms with E-state index in [0.29, 0.717) is 23.2 Å². The molecule has 0 unspecified atom stereocenters. The Balaban J connectivity index is 1.48. The number of aromatic nitrogens is 5. The molecule has 3 heterocycles. The van der Waals surface area contributed by atoms with E-state index in [1.54, 1.807) is 20.3 Å². The maximum absolute atomic E-state index is 12.9. The second kappa shape index (κ2) is 8.39. The molecule has 32 heavy (non-hydrogen) atoms. The van der Waals surface area contributed by atoms with Crippen LogP contribution in [0.3, 0.4) is 0 Å². The molecule has 10 heteroatoms. The van der Waals surface area contributed by atoms with E-state index in [0.717, 1.165) is 11.1 Å². The van der Waals surface area contributed by atoms with Crippen LogP contribution in [0.25, 0.3) is 11.3 Å². The number of carbonyl (C=O) groups is 1. The van der Waals surface area contributed by atoms with E-state index in [-0.39, 0.29) is 18.1 Å². The number of hydrogen-bond acceptors (Lipinski definition) is 8. The van der Waals surface area contributed by atoms with Gasteiger partial charge in [0.05, 0.1) is 6.20 Å². The maximum atomic E-state index is 12.9. The highest BCUT2D eigenvalue weighted by atomic mass is 16.5. The fourth-order valence-electron chi connectivity index (χ4n) is 3.05. The summed E-state index contributed by atoms with van der Waals surface area (Å²) in [6.45, 7) is 7.66. The van der Waals surface area contributed by atoms with Crippen molar-refractivity contribution in [1.82, 2.24) is 25.0 Å². The van der Waals surface area contributed by atoms with Crippen molar-refractivity contribution in [1.29, 1.82) is 0 Å². The molecule has 3 aromatic heterocycles.